The Bertz CT molecular complexity index is 780. The maximum atomic E-state index is 12.1. The minimum Gasteiger partial charge on any atom is -0.361 e. The van der Waals surface area contributed by atoms with Crippen LogP contribution in [-0.4, -0.2) is 20.8 Å². The number of hydrogen-bond donors (Lipinski definition) is 1. The SMILES string of the molecule is Cc1cc(C(=O)Nc2ccc(Cl)cc2-n2cccn2)no1. The van der Waals surface area contributed by atoms with Crippen LogP contribution in [0.4, 0.5) is 5.69 Å². The van der Waals surface area contributed by atoms with Crippen molar-refractivity contribution in [3.63, 3.8) is 0 Å². The molecule has 0 radical (unpaired) electrons. The summed E-state index contributed by atoms with van der Waals surface area (Å²) >= 11 is 6.01. The Morgan fingerprint density at radius 1 is 1.38 bits per heavy atom. The molecule has 0 aliphatic heterocycles. The zero-order valence-electron chi connectivity index (χ0n) is 11.1. The number of hydrogen-bond acceptors (Lipinski definition) is 4. The molecule has 2 heterocycles. The minimum absolute atomic E-state index is 0.217. The Labute approximate surface area is 125 Å². The minimum atomic E-state index is -0.359. The number of carbonyl (C=O) groups is 1. The predicted molar refractivity (Wildman–Crippen MR) is 77.8 cm³/mol. The van der Waals surface area contributed by atoms with Gasteiger partial charge in [-0.15, -0.1) is 0 Å². The third-order valence-electron chi connectivity index (χ3n) is 2.82. The van der Waals surface area contributed by atoms with Crippen molar-refractivity contribution in [2.75, 3.05) is 5.32 Å². The molecule has 0 bridgehead atoms. The number of rotatable bonds is 3. The summed E-state index contributed by atoms with van der Waals surface area (Å²) in [5.74, 6) is 0.214. The molecule has 1 N–H and O–H groups in total. The van der Waals surface area contributed by atoms with Crippen LogP contribution < -0.4 is 5.32 Å². The van der Waals surface area contributed by atoms with Crippen molar-refractivity contribution in [3.05, 3.63) is 59.2 Å². The van der Waals surface area contributed by atoms with Crippen LogP contribution in [0, 0.1) is 6.92 Å². The van der Waals surface area contributed by atoms with E-state index in [0.29, 0.717) is 22.2 Å². The molecular formula is C14H11ClN4O2. The van der Waals surface area contributed by atoms with Gasteiger partial charge >= 0.3 is 0 Å². The normalized spacial score (nSPS) is 10.6. The molecule has 0 unspecified atom stereocenters. The smallest absolute Gasteiger partial charge is 0.277 e. The molecule has 3 aromatic rings. The van der Waals surface area contributed by atoms with Crippen LogP contribution in [0.5, 0.6) is 0 Å². The third kappa shape index (κ3) is 2.80. The number of nitrogens with zero attached hydrogens (tertiary/aromatic N) is 3. The van der Waals surface area contributed by atoms with Gasteiger partial charge in [0.05, 0.1) is 11.4 Å². The van der Waals surface area contributed by atoms with E-state index in [-0.39, 0.29) is 11.6 Å². The summed E-state index contributed by atoms with van der Waals surface area (Å²) < 4.78 is 6.52. The van der Waals surface area contributed by atoms with Crippen LogP contribution in [0.15, 0.2) is 47.2 Å². The molecule has 0 saturated heterocycles. The highest BCUT2D eigenvalue weighted by Crippen LogP contribution is 2.24. The van der Waals surface area contributed by atoms with Crippen molar-refractivity contribution in [1.82, 2.24) is 14.9 Å². The Morgan fingerprint density at radius 2 is 2.24 bits per heavy atom. The van der Waals surface area contributed by atoms with E-state index in [1.54, 1.807) is 54.3 Å². The predicted octanol–water partition coefficient (Wildman–Crippen LogP) is 3.07. The Hall–Kier alpha value is -2.60. The summed E-state index contributed by atoms with van der Waals surface area (Å²) in [7, 11) is 0. The summed E-state index contributed by atoms with van der Waals surface area (Å²) in [5, 5.41) is 11.2. The number of aromatic nitrogens is 3. The molecule has 0 aliphatic carbocycles. The summed E-state index contributed by atoms with van der Waals surface area (Å²) in [4.78, 5) is 12.1. The fraction of sp³-hybridized carbons (Fsp3) is 0.0714. The highest BCUT2D eigenvalue weighted by atomic mass is 35.5. The lowest BCUT2D eigenvalue weighted by molar-refractivity contribution is 0.101. The van der Waals surface area contributed by atoms with Gasteiger partial charge in [0.15, 0.2) is 5.69 Å². The van der Waals surface area contributed by atoms with Gasteiger partial charge in [-0.1, -0.05) is 16.8 Å². The maximum absolute atomic E-state index is 12.1. The summed E-state index contributed by atoms with van der Waals surface area (Å²) in [5.41, 5.74) is 1.46. The zero-order valence-corrected chi connectivity index (χ0v) is 11.8. The molecule has 2 aromatic heterocycles. The lowest BCUT2D eigenvalue weighted by atomic mass is 10.2. The van der Waals surface area contributed by atoms with Gasteiger partial charge in [0.25, 0.3) is 5.91 Å². The zero-order chi connectivity index (χ0) is 14.8. The average molecular weight is 303 g/mol. The van der Waals surface area contributed by atoms with Gasteiger partial charge in [0.1, 0.15) is 5.76 Å². The molecule has 1 amide bonds. The van der Waals surface area contributed by atoms with Gasteiger partial charge in [0.2, 0.25) is 0 Å². The monoisotopic (exact) mass is 302 g/mol. The molecule has 7 heteroatoms. The summed E-state index contributed by atoms with van der Waals surface area (Å²) in [6, 6.07) is 8.48. The number of anilines is 1. The van der Waals surface area contributed by atoms with E-state index in [1.165, 1.54) is 0 Å². The van der Waals surface area contributed by atoms with Crippen LogP contribution in [-0.2, 0) is 0 Å². The molecule has 21 heavy (non-hydrogen) atoms. The van der Waals surface area contributed by atoms with E-state index in [4.69, 9.17) is 16.1 Å². The average Bonchev–Trinajstić information content (AvgIpc) is 3.11. The quantitative estimate of drug-likeness (QED) is 0.807. The lowest BCUT2D eigenvalue weighted by Gasteiger charge is -2.10. The van der Waals surface area contributed by atoms with Crippen molar-refractivity contribution in [2.45, 2.75) is 6.92 Å². The summed E-state index contributed by atoms with van der Waals surface area (Å²) in [6.07, 6.45) is 3.41. The number of carbonyl (C=O) groups excluding carboxylic acids is 1. The molecule has 0 spiro atoms. The number of aryl methyl sites for hydroxylation is 1. The fourth-order valence-corrected chi connectivity index (χ4v) is 2.04. The van der Waals surface area contributed by atoms with E-state index in [1.807, 2.05) is 0 Å². The Balaban J connectivity index is 1.94. The van der Waals surface area contributed by atoms with Gasteiger partial charge in [-0.05, 0) is 31.2 Å². The van der Waals surface area contributed by atoms with Gasteiger partial charge in [-0.2, -0.15) is 5.10 Å². The first-order valence-electron chi connectivity index (χ1n) is 6.18. The maximum Gasteiger partial charge on any atom is 0.277 e. The highest BCUT2D eigenvalue weighted by molar-refractivity contribution is 6.31. The molecular weight excluding hydrogens is 292 g/mol. The van der Waals surface area contributed by atoms with Crippen molar-refractivity contribution in [3.8, 4) is 5.69 Å². The first-order chi connectivity index (χ1) is 10.1. The highest BCUT2D eigenvalue weighted by Gasteiger charge is 2.14. The summed E-state index contributed by atoms with van der Waals surface area (Å²) in [6.45, 7) is 1.72. The number of benzene rings is 1. The van der Waals surface area contributed by atoms with Gasteiger partial charge in [-0.25, -0.2) is 4.68 Å². The van der Waals surface area contributed by atoms with Gasteiger partial charge in [0, 0.05) is 23.5 Å². The van der Waals surface area contributed by atoms with Crippen LogP contribution in [0.1, 0.15) is 16.2 Å². The molecule has 0 saturated carbocycles. The molecule has 0 aliphatic rings. The van der Waals surface area contributed by atoms with E-state index in [9.17, 15) is 4.79 Å². The van der Waals surface area contributed by atoms with Crippen LogP contribution in [0.25, 0.3) is 5.69 Å². The van der Waals surface area contributed by atoms with Crippen molar-refractivity contribution >= 4 is 23.2 Å². The third-order valence-corrected chi connectivity index (χ3v) is 3.05. The molecule has 3 rings (SSSR count). The largest absolute Gasteiger partial charge is 0.361 e. The van der Waals surface area contributed by atoms with Crippen LogP contribution in [0.2, 0.25) is 5.02 Å². The topological polar surface area (TPSA) is 73.0 Å². The Morgan fingerprint density at radius 3 is 2.90 bits per heavy atom. The van der Waals surface area contributed by atoms with E-state index in [2.05, 4.69) is 15.6 Å². The molecule has 106 valence electrons. The van der Waals surface area contributed by atoms with Gasteiger partial charge in [-0.3, -0.25) is 4.79 Å². The van der Waals surface area contributed by atoms with Crippen molar-refractivity contribution in [2.24, 2.45) is 0 Å². The molecule has 1 aromatic carbocycles. The Kier molecular flexibility index (Phi) is 3.45. The van der Waals surface area contributed by atoms with Crippen LogP contribution >= 0.6 is 11.6 Å². The lowest BCUT2D eigenvalue weighted by Crippen LogP contribution is -2.14. The number of amides is 1. The van der Waals surface area contributed by atoms with Crippen molar-refractivity contribution in [1.29, 1.82) is 0 Å². The number of halogens is 1. The van der Waals surface area contributed by atoms with E-state index in [0.717, 1.165) is 0 Å². The van der Waals surface area contributed by atoms with Crippen molar-refractivity contribution < 1.29 is 9.32 Å². The standard InChI is InChI=1S/C14H11ClN4O2/c1-9-7-12(18-21-9)14(20)17-11-4-3-10(15)8-13(11)19-6-2-5-16-19/h2-8H,1H3,(H,17,20). The number of nitrogens with one attached hydrogen (secondary N) is 1. The van der Waals surface area contributed by atoms with Gasteiger partial charge < -0.3 is 9.84 Å². The molecule has 0 atom stereocenters. The fourth-order valence-electron chi connectivity index (χ4n) is 1.87. The van der Waals surface area contributed by atoms with E-state index < -0.39 is 0 Å². The second-order valence-electron chi connectivity index (χ2n) is 4.39. The first-order valence-corrected chi connectivity index (χ1v) is 6.55. The first kappa shape index (κ1) is 13.4. The molecule has 0 fully saturated rings. The molecule has 6 nitrogen and oxygen atoms in total. The second-order valence-corrected chi connectivity index (χ2v) is 4.83. The second kappa shape index (κ2) is 5.41. The van der Waals surface area contributed by atoms with Crippen LogP contribution in [0.3, 0.4) is 0 Å². The van der Waals surface area contributed by atoms with E-state index >= 15 is 0 Å².